The molecule has 0 heterocycles. The molecule has 0 saturated carbocycles. The Labute approximate surface area is 130 Å². The zero-order valence-electron chi connectivity index (χ0n) is 15.2. The van der Waals surface area contributed by atoms with Crippen molar-refractivity contribution in [1.82, 2.24) is 0 Å². The van der Waals surface area contributed by atoms with Crippen LogP contribution < -0.4 is 0 Å². The van der Waals surface area contributed by atoms with Crippen LogP contribution in [0.2, 0.25) is 0 Å². The van der Waals surface area contributed by atoms with Crippen molar-refractivity contribution < 1.29 is 0 Å². The summed E-state index contributed by atoms with van der Waals surface area (Å²) < 4.78 is 0. The zero-order valence-corrected chi connectivity index (χ0v) is 15.2. The summed E-state index contributed by atoms with van der Waals surface area (Å²) in [5.74, 6) is 2.93. The van der Waals surface area contributed by atoms with Crippen LogP contribution in [-0.2, 0) is 0 Å². The van der Waals surface area contributed by atoms with Crippen molar-refractivity contribution in [1.29, 1.82) is 0 Å². The molecule has 0 aromatic heterocycles. The van der Waals surface area contributed by atoms with Gasteiger partial charge < -0.3 is 0 Å². The molecule has 3 unspecified atom stereocenters. The molecule has 0 bridgehead atoms. The van der Waals surface area contributed by atoms with Crippen molar-refractivity contribution in [2.45, 2.75) is 112 Å². The maximum Gasteiger partial charge on any atom is -0.0386 e. The molecule has 122 valence electrons. The third-order valence-electron chi connectivity index (χ3n) is 5.18. The second kappa shape index (κ2) is 14.0. The van der Waals surface area contributed by atoms with Crippen molar-refractivity contribution in [3.8, 4) is 0 Å². The highest BCUT2D eigenvalue weighted by Gasteiger charge is 2.20. The number of unbranched alkanes of at least 4 members (excludes halogenated alkanes) is 4. The highest BCUT2D eigenvalue weighted by atomic mass is 14.3. The lowest BCUT2D eigenvalue weighted by Crippen LogP contribution is -2.16. The minimum absolute atomic E-state index is 0.928. The molecule has 0 N–H and O–H groups in total. The van der Waals surface area contributed by atoms with Gasteiger partial charge in [0.15, 0.2) is 0 Å². The third-order valence-corrected chi connectivity index (χ3v) is 5.18. The van der Waals surface area contributed by atoms with Gasteiger partial charge in [-0.2, -0.15) is 0 Å². The van der Waals surface area contributed by atoms with Gasteiger partial charge in [0.05, 0.1) is 0 Å². The Balaban J connectivity index is 4.29. The third kappa shape index (κ3) is 9.83. The number of hydrogen-bond donors (Lipinski definition) is 0. The van der Waals surface area contributed by atoms with Crippen LogP contribution in [0.1, 0.15) is 112 Å². The van der Waals surface area contributed by atoms with Crippen molar-refractivity contribution in [3.05, 3.63) is 0 Å². The van der Waals surface area contributed by atoms with Gasteiger partial charge in [-0.25, -0.2) is 0 Å². The molecular weight excluding hydrogens is 240 g/mol. The lowest BCUT2D eigenvalue weighted by atomic mass is 9.78. The summed E-state index contributed by atoms with van der Waals surface area (Å²) in [4.78, 5) is 0. The van der Waals surface area contributed by atoms with Crippen molar-refractivity contribution >= 4 is 0 Å². The Morgan fingerprint density at radius 2 is 1.25 bits per heavy atom. The minimum Gasteiger partial charge on any atom is -0.0654 e. The zero-order chi connectivity index (χ0) is 15.2. The fourth-order valence-electron chi connectivity index (χ4n) is 3.52. The van der Waals surface area contributed by atoms with Gasteiger partial charge in [-0.15, -0.1) is 0 Å². The average Bonchev–Trinajstić information content (AvgIpc) is 2.45. The van der Waals surface area contributed by atoms with Crippen LogP contribution in [0.25, 0.3) is 0 Å². The van der Waals surface area contributed by atoms with Crippen LogP contribution in [0.5, 0.6) is 0 Å². The largest absolute Gasteiger partial charge is 0.0654 e. The first kappa shape index (κ1) is 20.0. The molecule has 0 amide bonds. The Hall–Kier alpha value is 0. The van der Waals surface area contributed by atoms with Gasteiger partial charge in [0.1, 0.15) is 0 Å². The first-order chi connectivity index (χ1) is 9.69. The van der Waals surface area contributed by atoms with Crippen LogP contribution in [0, 0.1) is 17.8 Å². The number of hydrogen-bond acceptors (Lipinski definition) is 0. The van der Waals surface area contributed by atoms with Gasteiger partial charge >= 0.3 is 0 Å². The van der Waals surface area contributed by atoms with Gasteiger partial charge in [-0.05, 0) is 24.2 Å². The molecule has 0 aromatic rings. The summed E-state index contributed by atoms with van der Waals surface area (Å²) in [5.41, 5.74) is 0. The molecule has 0 aromatic carbocycles. The molecule has 0 nitrogen and oxygen atoms in total. The van der Waals surface area contributed by atoms with Crippen LogP contribution >= 0.6 is 0 Å². The Morgan fingerprint density at radius 3 is 1.75 bits per heavy atom. The molecule has 20 heavy (non-hydrogen) atoms. The van der Waals surface area contributed by atoms with E-state index in [1.54, 1.807) is 0 Å². The smallest absolute Gasteiger partial charge is 0.0386 e. The summed E-state index contributed by atoms with van der Waals surface area (Å²) in [6.45, 7) is 11.9. The molecule has 0 saturated heterocycles. The van der Waals surface area contributed by atoms with E-state index < -0.39 is 0 Å². The van der Waals surface area contributed by atoms with Gasteiger partial charge in [-0.3, -0.25) is 0 Å². The summed E-state index contributed by atoms with van der Waals surface area (Å²) >= 11 is 0. The molecule has 0 aliphatic rings. The normalized spacial score (nSPS) is 16.1. The standard InChI is InChI=1S/C20H42/c1-6-10-12-15-19(14-8-3)17-20(18(5)9-4)16-13-11-7-2/h18-20H,6-17H2,1-5H3. The highest BCUT2D eigenvalue weighted by molar-refractivity contribution is 4.71. The predicted octanol–water partition coefficient (Wildman–Crippen LogP) is 7.62. The molecule has 0 rings (SSSR count). The van der Waals surface area contributed by atoms with Gasteiger partial charge in [-0.1, -0.05) is 105 Å². The maximum atomic E-state index is 2.49. The van der Waals surface area contributed by atoms with Crippen LogP contribution in [0.15, 0.2) is 0 Å². The molecule has 0 spiro atoms. The Bertz CT molecular complexity index is 184. The Morgan fingerprint density at radius 1 is 0.650 bits per heavy atom. The van der Waals surface area contributed by atoms with E-state index in [2.05, 4.69) is 34.6 Å². The molecule has 0 radical (unpaired) electrons. The van der Waals surface area contributed by atoms with Crippen molar-refractivity contribution in [2.75, 3.05) is 0 Å². The lowest BCUT2D eigenvalue weighted by Gasteiger charge is -2.28. The van der Waals surface area contributed by atoms with Gasteiger partial charge in [0.25, 0.3) is 0 Å². The predicted molar refractivity (Wildman–Crippen MR) is 94.2 cm³/mol. The topological polar surface area (TPSA) is 0 Å². The molecule has 0 heteroatoms. The van der Waals surface area contributed by atoms with E-state index in [1.165, 1.54) is 77.0 Å². The van der Waals surface area contributed by atoms with Gasteiger partial charge in [0.2, 0.25) is 0 Å². The van der Waals surface area contributed by atoms with E-state index in [4.69, 9.17) is 0 Å². The van der Waals surface area contributed by atoms with Crippen LogP contribution in [-0.4, -0.2) is 0 Å². The summed E-state index contributed by atoms with van der Waals surface area (Å²) in [7, 11) is 0. The van der Waals surface area contributed by atoms with E-state index in [9.17, 15) is 0 Å². The summed E-state index contributed by atoms with van der Waals surface area (Å²) in [6.07, 6.45) is 17.2. The SMILES string of the molecule is CCCCCC(CCC)CC(CCCCC)C(C)CC. The van der Waals surface area contributed by atoms with E-state index in [0.717, 1.165) is 17.8 Å². The van der Waals surface area contributed by atoms with E-state index >= 15 is 0 Å². The first-order valence-electron chi connectivity index (χ1n) is 9.69. The fraction of sp³-hybridized carbons (Fsp3) is 1.00. The average molecular weight is 283 g/mol. The highest BCUT2D eigenvalue weighted by Crippen LogP contribution is 2.32. The quantitative estimate of drug-likeness (QED) is 0.287. The van der Waals surface area contributed by atoms with E-state index in [0.29, 0.717) is 0 Å². The van der Waals surface area contributed by atoms with Crippen molar-refractivity contribution in [3.63, 3.8) is 0 Å². The second-order valence-corrected chi connectivity index (χ2v) is 7.03. The fourth-order valence-corrected chi connectivity index (χ4v) is 3.52. The molecule has 0 aliphatic heterocycles. The lowest BCUT2D eigenvalue weighted by molar-refractivity contribution is 0.236. The van der Waals surface area contributed by atoms with E-state index in [1.807, 2.05) is 0 Å². The molecule has 0 aliphatic carbocycles. The van der Waals surface area contributed by atoms with Crippen LogP contribution in [0.4, 0.5) is 0 Å². The number of rotatable bonds is 14. The van der Waals surface area contributed by atoms with Gasteiger partial charge in [0, 0.05) is 0 Å². The first-order valence-corrected chi connectivity index (χ1v) is 9.69. The monoisotopic (exact) mass is 282 g/mol. The Kier molecular flexibility index (Phi) is 14.0. The van der Waals surface area contributed by atoms with Crippen molar-refractivity contribution in [2.24, 2.45) is 17.8 Å². The second-order valence-electron chi connectivity index (χ2n) is 7.03. The summed E-state index contributed by atoms with van der Waals surface area (Å²) in [6, 6.07) is 0. The molecular formula is C20H42. The van der Waals surface area contributed by atoms with E-state index in [-0.39, 0.29) is 0 Å². The molecule has 0 fully saturated rings. The summed E-state index contributed by atoms with van der Waals surface area (Å²) in [5, 5.41) is 0. The minimum atomic E-state index is 0.928. The molecule has 3 atom stereocenters. The maximum absolute atomic E-state index is 2.49. The van der Waals surface area contributed by atoms with Crippen LogP contribution in [0.3, 0.4) is 0 Å².